The second kappa shape index (κ2) is 6.57. The zero-order valence-electron chi connectivity index (χ0n) is 13.1. The van der Waals surface area contributed by atoms with Gasteiger partial charge in [0.05, 0.1) is 16.6 Å². The number of halogens is 1. The molecule has 3 rings (SSSR count). The molecule has 0 spiro atoms. The number of urea groups is 1. The first-order valence-corrected chi connectivity index (χ1v) is 7.63. The highest BCUT2D eigenvalue weighted by Gasteiger charge is 2.10. The van der Waals surface area contributed by atoms with E-state index in [1.165, 1.54) is 12.1 Å². The lowest BCUT2D eigenvalue weighted by atomic mass is 10.2. The maximum atomic E-state index is 13.5. The van der Waals surface area contributed by atoms with Crippen molar-refractivity contribution in [3.8, 4) is 0 Å². The summed E-state index contributed by atoms with van der Waals surface area (Å²) in [5, 5.41) is 8.29. The number of amides is 2. The summed E-state index contributed by atoms with van der Waals surface area (Å²) in [6.07, 6.45) is 0.894. The normalized spacial score (nSPS) is 10.8. The van der Waals surface area contributed by atoms with Gasteiger partial charge in [-0.3, -0.25) is 14.6 Å². The van der Waals surface area contributed by atoms with E-state index in [1.807, 2.05) is 6.92 Å². The molecule has 0 saturated heterocycles. The number of aromatic amines is 1. The Bertz CT molecular complexity index is 945. The molecule has 6 nitrogen and oxygen atoms in total. The second-order valence-electron chi connectivity index (χ2n) is 5.38. The Morgan fingerprint density at radius 3 is 2.75 bits per heavy atom. The van der Waals surface area contributed by atoms with E-state index in [4.69, 9.17) is 0 Å². The summed E-state index contributed by atoms with van der Waals surface area (Å²) in [7, 11) is 0. The van der Waals surface area contributed by atoms with Gasteiger partial charge in [-0.1, -0.05) is 19.1 Å². The second-order valence-corrected chi connectivity index (χ2v) is 5.38. The maximum absolute atomic E-state index is 13.5. The Hall–Kier alpha value is -3.09. The average molecular weight is 328 g/mol. The number of nitrogens with zero attached hydrogens (tertiary/aromatic N) is 1. The van der Waals surface area contributed by atoms with Crippen LogP contribution in [-0.4, -0.2) is 15.8 Å². The van der Waals surface area contributed by atoms with Crippen LogP contribution in [0.3, 0.4) is 0 Å². The summed E-state index contributed by atoms with van der Waals surface area (Å²) in [6.45, 7) is 2.73. The first-order chi connectivity index (χ1) is 11.6. The van der Waals surface area contributed by atoms with Crippen molar-refractivity contribution in [3.63, 3.8) is 0 Å². The van der Waals surface area contributed by atoms with Crippen LogP contribution in [-0.2, 0) is 6.54 Å². The Morgan fingerprint density at radius 1 is 1.21 bits per heavy atom. The van der Waals surface area contributed by atoms with Crippen LogP contribution in [0.1, 0.15) is 13.3 Å². The molecule has 0 bridgehead atoms. The zero-order valence-corrected chi connectivity index (χ0v) is 13.1. The van der Waals surface area contributed by atoms with E-state index in [-0.39, 0.29) is 11.2 Å². The quantitative estimate of drug-likeness (QED) is 0.685. The zero-order chi connectivity index (χ0) is 17.1. The lowest BCUT2D eigenvalue weighted by Gasteiger charge is -2.08. The van der Waals surface area contributed by atoms with E-state index in [0.717, 1.165) is 11.9 Å². The van der Waals surface area contributed by atoms with Crippen LogP contribution in [0.25, 0.3) is 10.9 Å². The molecular formula is C17H17FN4O2. The van der Waals surface area contributed by atoms with Crippen molar-refractivity contribution in [3.05, 3.63) is 58.6 Å². The summed E-state index contributed by atoms with van der Waals surface area (Å²) < 4.78 is 15.3. The third kappa shape index (κ3) is 3.15. The molecular weight excluding hydrogens is 311 g/mol. The summed E-state index contributed by atoms with van der Waals surface area (Å²) in [5.74, 6) is -0.517. The topological polar surface area (TPSA) is 78.9 Å². The lowest BCUT2D eigenvalue weighted by molar-refractivity contribution is 0.262. The van der Waals surface area contributed by atoms with Gasteiger partial charge in [-0.25, -0.2) is 9.18 Å². The van der Waals surface area contributed by atoms with Crippen LogP contribution >= 0.6 is 0 Å². The molecule has 0 aliphatic carbocycles. The van der Waals surface area contributed by atoms with Crippen LogP contribution in [0.5, 0.6) is 0 Å². The summed E-state index contributed by atoms with van der Waals surface area (Å²) in [5.41, 5.74) is 1.11. The number of hydrogen-bond donors (Lipinski definition) is 3. The number of nitrogens with one attached hydrogen (secondary N) is 3. The molecule has 2 aromatic carbocycles. The van der Waals surface area contributed by atoms with Crippen molar-refractivity contribution in [1.29, 1.82) is 0 Å². The predicted molar refractivity (Wildman–Crippen MR) is 91.9 cm³/mol. The number of anilines is 2. The Labute approximate surface area is 137 Å². The summed E-state index contributed by atoms with van der Waals surface area (Å²) in [4.78, 5) is 24.0. The molecule has 1 aromatic heterocycles. The molecule has 0 aliphatic heterocycles. The number of para-hydroxylation sites is 1. The predicted octanol–water partition coefficient (Wildman–Crippen LogP) is 3.52. The molecule has 24 heavy (non-hydrogen) atoms. The molecule has 0 aliphatic rings. The standard InChI is InChI=1S/C17H17FN4O2/c1-2-9-22-15-8-7-11(10-12(15)16(23)21-22)19-17(24)20-14-6-4-3-5-13(14)18/h3-8,10H,2,9H2,1H3,(H,21,23)(H2,19,20,24). The number of fused-ring (bicyclic) bond motifs is 1. The minimum atomic E-state index is -0.580. The smallest absolute Gasteiger partial charge is 0.308 e. The minimum absolute atomic E-state index is 0.0861. The van der Waals surface area contributed by atoms with Gasteiger partial charge >= 0.3 is 6.03 Å². The highest BCUT2D eigenvalue weighted by atomic mass is 19.1. The van der Waals surface area contributed by atoms with Gasteiger partial charge in [0.15, 0.2) is 0 Å². The monoisotopic (exact) mass is 328 g/mol. The molecule has 3 N–H and O–H groups in total. The van der Waals surface area contributed by atoms with E-state index in [2.05, 4.69) is 15.7 Å². The van der Waals surface area contributed by atoms with Gasteiger partial charge in [0, 0.05) is 12.2 Å². The first-order valence-electron chi connectivity index (χ1n) is 7.63. The van der Waals surface area contributed by atoms with Crippen molar-refractivity contribution in [2.45, 2.75) is 19.9 Å². The van der Waals surface area contributed by atoms with E-state index in [1.54, 1.807) is 35.0 Å². The van der Waals surface area contributed by atoms with Gasteiger partial charge in [-0.2, -0.15) is 0 Å². The highest BCUT2D eigenvalue weighted by Crippen LogP contribution is 2.18. The van der Waals surface area contributed by atoms with E-state index in [9.17, 15) is 14.0 Å². The third-order valence-corrected chi connectivity index (χ3v) is 3.60. The first kappa shape index (κ1) is 15.8. The number of carbonyl (C=O) groups is 1. The largest absolute Gasteiger partial charge is 0.323 e. The SMILES string of the molecule is CCCn1[nH]c(=O)c2cc(NC(=O)Nc3ccccc3F)ccc21. The van der Waals surface area contributed by atoms with E-state index in [0.29, 0.717) is 17.6 Å². The molecule has 7 heteroatoms. The van der Waals surface area contributed by atoms with Crippen molar-refractivity contribution in [2.75, 3.05) is 10.6 Å². The maximum Gasteiger partial charge on any atom is 0.323 e. The molecule has 124 valence electrons. The third-order valence-electron chi connectivity index (χ3n) is 3.60. The van der Waals surface area contributed by atoms with E-state index >= 15 is 0 Å². The number of H-pyrrole nitrogens is 1. The van der Waals surface area contributed by atoms with Gasteiger partial charge in [0.2, 0.25) is 0 Å². The van der Waals surface area contributed by atoms with Gasteiger partial charge in [0.25, 0.3) is 5.56 Å². The number of carbonyl (C=O) groups excluding carboxylic acids is 1. The van der Waals surface area contributed by atoms with Crippen LogP contribution in [0.4, 0.5) is 20.6 Å². The molecule has 0 unspecified atom stereocenters. The van der Waals surface area contributed by atoms with Crippen LogP contribution in [0.2, 0.25) is 0 Å². The Morgan fingerprint density at radius 2 is 2.00 bits per heavy atom. The number of aromatic nitrogens is 2. The molecule has 3 aromatic rings. The highest BCUT2D eigenvalue weighted by molar-refractivity contribution is 6.01. The van der Waals surface area contributed by atoms with Gasteiger partial charge in [0.1, 0.15) is 5.82 Å². The molecule has 1 heterocycles. The fraction of sp³-hybridized carbons (Fsp3) is 0.176. The van der Waals surface area contributed by atoms with Crippen molar-refractivity contribution >= 4 is 28.3 Å². The fourth-order valence-electron chi connectivity index (χ4n) is 2.52. The lowest BCUT2D eigenvalue weighted by Crippen LogP contribution is -2.20. The Balaban J connectivity index is 1.80. The van der Waals surface area contributed by atoms with Gasteiger partial charge in [-0.15, -0.1) is 0 Å². The minimum Gasteiger partial charge on any atom is -0.308 e. The molecule has 0 fully saturated rings. The fourth-order valence-corrected chi connectivity index (χ4v) is 2.52. The number of aryl methyl sites for hydroxylation is 1. The van der Waals surface area contributed by atoms with Crippen LogP contribution in [0.15, 0.2) is 47.3 Å². The van der Waals surface area contributed by atoms with Crippen LogP contribution < -0.4 is 16.2 Å². The molecule has 0 saturated carbocycles. The van der Waals surface area contributed by atoms with Gasteiger partial charge < -0.3 is 10.6 Å². The van der Waals surface area contributed by atoms with Crippen molar-refractivity contribution < 1.29 is 9.18 Å². The molecule has 2 amide bonds. The molecule has 0 radical (unpaired) electrons. The average Bonchev–Trinajstić information content (AvgIpc) is 2.86. The van der Waals surface area contributed by atoms with E-state index < -0.39 is 11.8 Å². The van der Waals surface area contributed by atoms with Crippen molar-refractivity contribution in [1.82, 2.24) is 9.78 Å². The van der Waals surface area contributed by atoms with Crippen molar-refractivity contribution in [2.24, 2.45) is 0 Å². The number of benzene rings is 2. The summed E-state index contributed by atoms with van der Waals surface area (Å²) in [6, 6.07) is 10.4. The van der Waals surface area contributed by atoms with Gasteiger partial charge in [-0.05, 0) is 36.8 Å². The molecule has 0 atom stereocenters. The number of hydrogen-bond acceptors (Lipinski definition) is 2. The van der Waals surface area contributed by atoms with Crippen LogP contribution in [0, 0.1) is 5.82 Å². The Kier molecular flexibility index (Phi) is 4.33. The number of rotatable bonds is 4. The summed E-state index contributed by atoms with van der Waals surface area (Å²) >= 11 is 0.